The number of pyridine rings is 1. The van der Waals surface area contributed by atoms with E-state index < -0.39 is 0 Å². The number of benzene rings is 1. The highest BCUT2D eigenvalue weighted by atomic mass is 79.9. The van der Waals surface area contributed by atoms with E-state index in [9.17, 15) is 4.79 Å². The molecule has 1 aromatic carbocycles. The molecule has 9 nitrogen and oxygen atoms in total. The number of nitrogens with zero attached hydrogens (tertiary/aromatic N) is 5. The van der Waals surface area contributed by atoms with Crippen LogP contribution in [0.2, 0.25) is 0 Å². The molecule has 2 amide bonds. The molecular formula is C25H26BrN7O2. The van der Waals surface area contributed by atoms with E-state index in [-0.39, 0.29) is 11.9 Å². The maximum Gasteiger partial charge on any atom is 0.321 e. The van der Waals surface area contributed by atoms with Crippen molar-refractivity contribution in [2.75, 3.05) is 30.8 Å². The number of amides is 2. The monoisotopic (exact) mass is 535 g/mol. The van der Waals surface area contributed by atoms with Crippen LogP contribution in [0.3, 0.4) is 0 Å². The van der Waals surface area contributed by atoms with Gasteiger partial charge in [0.05, 0.1) is 23.5 Å². The average Bonchev–Trinajstić information content (AvgIpc) is 3.29. The van der Waals surface area contributed by atoms with Crippen molar-refractivity contribution in [1.82, 2.24) is 24.5 Å². The molecule has 4 aromatic rings. The van der Waals surface area contributed by atoms with E-state index in [2.05, 4.69) is 36.6 Å². The second-order valence-electron chi connectivity index (χ2n) is 8.45. The Morgan fingerprint density at radius 1 is 1.23 bits per heavy atom. The van der Waals surface area contributed by atoms with Crippen LogP contribution in [0.15, 0.2) is 65.5 Å². The molecule has 0 aliphatic carbocycles. The predicted molar refractivity (Wildman–Crippen MR) is 138 cm³/mol. The van der Waals surface area contributed by atoms with E-state index in [4.69, 9.17) is 9.72 Å². The SMILES string of the molecule is COc1ccc(NC(=O)N2CCCC(c3cc(NCc4cccnc4)n4ncc(Br)c4n3)C2)cc1. The van der Waals surface area contributed by atoms with Crippen molar-refractivity contribution in [2.24, 2.45) is 0 Å². The van der Waals surface area contributed by atoms with Crippen LogP contribution in [0.1, 0.15) is 30.0 Å². The second-order valence-corrected chi connectivity index (χ2v) is 9.31. The summed E-state index contributed by atoms with van der Waals surface area (Å²) in [5, 5.41) is 10.9. The van der Waals surface area contributed by atoms with E-state index in [1.165, 1.54) is 0 Å². The number of methoxy groups -OCH3 is 1. The Morgan fingerprint density at radius 3 is 2.86 bits per heavy atom. The van der Waals surface area contributed by atoms with Crippen molar-refractivity contribution in [2.45, 2.75) is 25.3 Å². The molecule has 1 saturated heterocycles. The second kappa shape index (κ2) is 10.3. The molecule has 1 fully saturated rings. The number of likely N-dealkylation sites (tertiary alicyclic amines) is 1. The Labute approximate surface area is 211 Å². The fraction of sp³-hybridized carbons (Fsp3) is 0.280. The molecule has 1 unspecified atom stereocenters. The maximum atomic E-state index is 13.0. The summed E-state index contributed by atoms with van der Waals surface area (Å²) in [4.78, 5) is 23.9. The van der Waals surface area contributed by atoms with Gasteiger partial charge in [0.25, 0.3) is 0 Å². The van der Waals surface area contributed by atoms with Crippen LogP contribution in [0, 0.1) is 0 Å². The van der Waals surface area contributed by atoms with E-state index in [0.29, 0.717) is 19.6 Å². The number of carbonyl (C=O) groups is 1. The van der Waals surface area contributed by atoms with Gasteiger partial charge in [0.1, 0.15) is 11.6 Å². The van der Waals surface area contributed by atoms with Crippen molar-refractivity contribution >= 4 is 39.1 Å². The molecule has 35 heavy (non-hydrogen) atoms. The van der Waals surface area contributed by atoms with Gasteiger partial charge in [-0.05, 0) is 64.7 Å². The van der Waals surface area contributed by atoms with Gasteiger partial charge >= 0.3 is 6.03 Å². The van der Waals surface area contributed by atoms with Crippen LogP contribution in [-0.2, 0) is 6.54 Å². The zero-order valence-corrected chi connectivity index (χ0v) is 20.9. The summed E-state index contributed by atoms with van der Waals surface area (Å²) in [6, 6.07) is 13.2. The van der Waals surface area contributed by atoms with Gasteiger partial charge < -0.3 is 20.3 Å². The Hall–Kier alpha value is -3.66. The molecule has 3 aromatic heterocycles. The average molecular weight is 536 g/mol. The fourth-order valence-corrected chi connectivity index (χ4v) is 4.61. The van der Waals surface area contributed by atoms with Crippen LogP contribution >= 0.6 is 15.9 Å². The summed E-state index contributed by atoms with van der Waals surface area (Å²) in [6.45, 7) is 1.92. The normalized spacial score (nSPS) is 15.7. The summed E-state index contributed by atoms with van der Waals surface area (Å²) in [7, 11) is 1.62. The standard InChI is InChI=1S/C25H26BrN7O2/c1-35-20-8-6-19(7-9-20)30-25(34)32-11-3-5-18(16-32)22-12-23(28-14-17-4-2-10-27-13-17)33-24(31-22)21(26)15-29-33/h2,4,6-10,12-13,15,18,28H,3,5,11,14,16H2,1H3,(H,30,34). The van der Waals surface area contributed by atoms with Gasteiger partial charge in [-0.3, -0.25) is 4.98 Å². The molecule has 1 aliphatic rings. The van der Waals surface area contributed by atoms with Crippen LogP contribution < -0.4 is 15.4 Å². The number of anilines is 2. The third-order valence-corrected chi connectivity index (χ3v) is 6.67. The van der Waals surface area contributed by atoms with Crippen LogP contribution in [-0.4, -0.2) is 50.7 Å². The van der Waals surface area contributed by atoms with Gasteiger partial charge in [-0.1, -0.05) is 6.07 Å². The van der Waals surface area contributed by atoms with Crippen LogP contribution in [0.5, 0.6) is 5.75 Å². The third-order valence-electron chi connectivity index (χ3n) is 6.11. The predicted octanol–water partition coefficient (Wildman–Crippen LogP) is 4.92. The quantitative estimate of drug-likeness (QED) is 0.363. The zero-order valence-electron chi connectivity index (χ0n) is 19.3. The number of ether oxygens (including phenoxy) is 1. The van der Waals surface area contributed by atoms with E-state index in [1.54, 1.807) is 24.0 Å². The fourth-order valence-electron chi connectivity index (χ4n) is 4.27. The lowest BCUT2D eigenvalue weighted by Gasteiger charge is -2.32. The van der Waals surface area contributed by atoms with Crippen molar-refractivity contribution in [1.29, 1.82) is 0 Å². The third kappa shape index (κ3) is 5.22. The van der Waals surface area contributed by atoms with E-state index >= 15 is 0 Å². The topological polar surface area (TPSA) is 96.7 Å². The van der Waals surface area contributed by atoms with Crippen molar-refractivity contribution in [3.05, 3.63) is 76.8 Å². The number of carbonyl (C=O) groups excluding carboxylic acids is 1. The Morgan fingerprint density at radius 2 is 2.09 bits per heavy atom. The highest BCUT2D eigenvalue weighted by molar-refractivity contribution is 9.10. The lowest BCUT2D eigenvalue weighted by atomic mass is 9.94. The maximum absolute atomic E-state index is 13.0. The van der Waals surface area contributed by atoms with E-state index in [0.717, 1.165) is 51.5 Å². The molecule has 0 spiro atoms. The van der Waals surface area contributed by atoms with Crippen LogP contribution in [0.25, 0.3) is 5.65 Å². The first-order chi connectivity index (χ1) is 17.1. The number of nitrogens with one attached hydrogen (secondary N) is 2. The molecule has 0 bridgehead atoms. The minimum atomic E-state index is -0.110. The number of hydrogen-bond donors (Lipinski definition) is 2. The largest absolute Gasteiger partial charge is 0.497 e. The summed E-state index contributed by atoms with van der Waals surface area (Å²) in [5.41, 5.74) is 3.50. The first-order valence-corrected chi connectivity index (χ1v) is 12.3. The lowest BCUT2D eigenvalue weighted by Crippen LogP contribution is -2.41. The summed E-state index contributed by atoms with van der Waals surface area (Å²) >= 11 is 3.57. The number of halogens is 1. The molecule has 0 saturated carbocycles. The number of fused-ring (bicyclic) bond motifs is 1. The van der Waals surface area contributed by atoms with Gasteiger partial charge in [-0.25, -0.2) is 9.78 Å². The smallest absolute Gasteiger partial charge is 0.321 e. The number of hydrogen-bond acceptors (Lipinski definition) is 6. The molecule has 0 radical (unpaired) electrons. The van der Waals surface area contributed by atoms with E-state index in [1.807, 2.05) is 53.6 Å². The highest BCUT2D eigenvalue weighted by Crippen LogP contribution is 2.30. The molecule has 10 heteroatoms. The van der Waals surface area contributed by atoms with Gasteiger partial charge in [-0.15, -0.1) is 0 Å². The molecule has 4 heterocycles. The first kappa shape index (κ1) is 23.1. The minimum Gasteiger partial charge on any atom is -0.497 e. The van der Waals surface area contributed by atoms with Crippen molar-refractivity contribution in [3.63, 3.8) is 0 Å². The Balaban J connectivity index is 1.34. The van der Waals surface area contributed by atoms with Crippen molar-refractivity contribution < 1.29 is 9.53 Å². The zero-order chi connectivity index (χ0) is 24.2. The van der Waals surface area contributed by atoms with Crippen LogP contribution in [0.4, 0.5) is 16.3 Å². The summed E-state index contributed by atoms with van der Waals surface area (Å²) in [6.07, 6.45) is 7.22. The number of piperidine rings is 1. The van der Waals surface area contributed by atoms with Gasteiger partial charge in [0, 0.05) is 49.7 Å². The minimum absolute atomic E-state index is 0.110. The number of urea groups is 1. The Bertz CT molecular complexity index is 1310. The summed E-state index contributed by atoms with van der Waals surface area (Å²) in [5.74, 6) is 1.72. The molecule has 1 aliphatic heterocycles. The van der Waals surface area contributed by atoms with Gasteiger partial charge in [0.2, 0.25) is 0 Å². The molecule has 180 valence electrons. The van der Waals surface area contributed by atoms with Crippen molar-refractivity contribution in [3.8, 4) is 5.75 Å². The molecule has 1 atom stereocenters. The first-order valence-electron chi connectivity index (χ1n) is 11.5. The molecule has 2 N–H and O–H groups in total. The highest BCUT2D eigenvalue weighted by Gasteiger charge is 2.27. The van der Waals surface area contributed by atoms with Gasteiger partial charge in [-0.2, -0.15) is 9.61 Å². The molecule has 5 rings (SSSR count). The number of aromatic nitrogens is 4. The Kier molecular flexibility index (Phi) is 6.80. The lowest BCUT2D eigenvalue weighted by molar-refractivity contribution is 0.192. The number of rotatable bonds is 6. The summed E-state index contributed by atoms with van der Waals surface area (Å²) < 4.78 is 7.81. The van der Waals surface area contributed by atoms with Gasteiger partial charge in [0.15, 0.2) is 5.65 Å². The molecular weight excluding hydrogens is 510 g/mol.